The first-order chi connectivity index (χ1) is 14.5. The van der Waals surface area contributed by atoms with Gasteiger partial charge < -0.3 is 24.5 Å². The summed E-state index contributed by atoms with van der Waals surface area (Å²) in [7, 11) is 1.39. The van der Waals surface area contributed by atoms with Crippen LogP contribution in [-0.2, 0) is 23.9 Å². The molecule has 1 N–H and O–H groups in total. The van der Waals surface area contributed by atoms with Crippen molar-refractivity contribution in [3.8, 4) is 0 Å². The van der Waals surface area contributed by atoms with E-state index in [1.165, 1.54) is 7.11 Å². The third-order valence-electron chi connectivity index (χ3n) is 9.94. The maximum Gasteiger partial charge on any atom is 1.00 e. The van der Waals surface area contributed by atoms with Gasteiger partial charge in [0.25, 0.3) is 0 Å². The molecule has 4 fully saturated rings. The van der Waals surface area contributed by atoms with Crippen LogP contribution in [0.25, 0.3) is 0 Å². The van der Waals surface area contributed by atoms with E-state index in [0.717, 1.165) is 5.57 Å². The number of aliphatic carboxylic acids is 1. The molecule has 0 bridgehead atoms. The van der Waals surface area contributed by atoms with Crippen LogP contribution >= 0.6 is 0 Å². The fourth-order valence-corrected chi connectivity index (χ4v) is 8.22. The summed E-state index contributed by atoms with van der Waals surface area (Å²) in [5, 5.41) is 22.7. The molecule has 1 spiro atoms. The Morgan fingerprint density at radius 3 is 2.69 bits per heavy atom. The number of epoxide rings is 1. The summed E-state index contributed by atoms with van der Waals surface area (Å²) in [6.07, 6.45) is 5.06. The van der Waals surface area contributed by atoms with Crippen LogP contribution in [0.3, 0.4) is 0 Å². The Kier molecular flexibility index (Phi) is 6.23. The van der Waals surface area contributed by atoms with Gasteiger partial charge in [0.15, 0.2) is 5.78 Å². The van der Waals surface area contributed by atoms with Gasteiger partial charge in [-0.05, 0) is 56.9 Å². The van der Waals surface area contributed by atoms with Crippen LogP contribution < -0.4 is 56.5 Å². The molecule has 5 rings (SSSR count). The summed E-state index contributed by atoms with van der Waals surface area (Å²) in [6.45, 7) is 4.21. The average Bonchev–Trinajstić information content (AvgIpc) is 3.38. The van der Waals surface area contributed by atoms with Crippen LogP contribution in [0, 0.1) is 28.6 Å². The van der Waals surface area contributed by atoms with Gasteiger partial charge in [-0.3, -0.25) is 9.59 Å². The first kappa shape index (κ1) is 25.0. The molecule has 0 aromatic rings. The molecule has 3 saturated carbocycles. The third-order valence-corrected chi connectivity index (χ3v) is 9.94. The summed E-state index contributed by atoms with van der Waals surface area (Å²) in [5.74, 6) is -1.91. The van der Waals surface area contributed by atoms with E-state index in [0.29, 0.717) is 38.5 Å². The molecule has 4 aliphatic carbocycles. The van der Waals surface area contributed by atoms with E-state index in [1.807, 2.05) is 6.92 Å². The molecular weight excluding hydrogens is 439 g/mol. The minimum absolute atomic E-state index is 0. The van der Waals surface area contributed by atoms with Crippen molar-refractivity contribution in [2.24, 2.45) is 28.6 Å². The van der Waals surface area contributed by atoms with Gasteiger partial charge in [0.1, 0.15) is 5.60 Å². The van der Waals surface area contributed by atoms with Gasteiger partial charge in [0.05, 0.1) is 24.7 Å². The second-order valence-electron chi connectivity index (χ2n) is 10.9. The molecule has 5 aliphatic rings. The Morgan fingerprint density at radius 1 is 1.31 bits per heavy atom. The molecule has 170 valence electrons. The second-order valence-corrected chi connectivity index (χ2v) is 10.9. The summed E-state index contributed by atoms with van der Waals surface area (Å²) < 4.78 is 11.7. The van der Waals surface area contributed by atoms with Crippen molar-refractivity contribution >= 4 is 17.7 Å². The predicted molar refractivity (Wildman–Crippen MR) is 106 cm³/mol. The van der Waals surface area contributed by atoms with E-state index in [1.54, 1.807) is 6.08 Å². The Morgan fingerprint density at radius 2 is 2.03 bits per heavy atom. The van der Waals surface area contributed by atoms with Crippen LogP contribution in [0.1, 0.15) is 65.2 Å². The summed E-state index contributed by atoms with van der Waals surface area (Å²) in [5.41, 5.74) is -1.53. The number of carbonyl (C=O) groups excluding carboxylic acids is 3. The Bertz CT molecular complexity index is 901. The van der Waals surface area contributed by atoms with E-state index in [-0.39, 0.29) is 99.3 Å². The maximum atomic E-state index is 13.0. The molecule has 8 heteroatoms. The van der Waals surface area contributed by atoms with Gasteiger partial charge in [-0.25, -0.2) is 0 Å². The maximum absolute atomic E-state index is 13.0. The third kappa shape index (κ3) is 3.09. The van der Waals surface area contributed by atoms with Crippen LogP contribution in [0.15, 0.2) is 11.6 Å². The fraction of sp³-hybridized carbons (Fsp3) is 0.792. The van der Waals surface area contributed by atoms with Gasteiger partial charge in [-0.1, -0.05) is 19.4 Å². The smallest absolute Gasteiger partial charge is 0.550 e. The van der Waals surface area contributed by atoms with Crippen LogP contribution in [0.4, 0.5) is 0 Å². The molecule has 7 nitrogen and oxygen atoms in total. The van der Waals surface area contributed by atoms with Crippen molar-refractivity contribution in [1.29, 1.82) is 0 Å². The predicted octanol–water partition coefficient (Wildman–Crippen LogP) is -1.69. The van der Waals surface area contributed by atoms with Crippen LogP contribution in [0.2, 0.25) is 0 Å². The van der Waals surface area contributed by atoms with E-state index in [9.17, 15) is 24.6 Å². The van der Waals surface area contributed by atoms with Gasteiger partial charge in [-0.2, -0.15) is 0 Å². The first-order valence-electron chi connectivity index (χ1n) is 11.4. The molecule has 1 aliphatic heterocycles. The van der Waals surface area contributed by atoms with Gasteiger partial charge >= 0.3 is 57.4 Å². The number of ketones is 1. The standard InChI is InChI=1S/C24H32O7.K/c1-21-7-4-14(25)10-13(21)11-15(20(28)30-3)19-16-5-8-23(29,9-6-18(26)27)22(16,2)12-17-24(19,21)31-17;/h10,15-17,19,29H,4-9,11-12H2,1-3H3,(H,26,27);/q;+1/p-1/t15-,16+,17-,19+,21+,22+,23-,24?;/m1./s1. The van der Waals surface area contributed by atoms with E-state index < -0.39 is 28.5 Å². The molecule has 0 amide bonds. The number of carboxylic acids is 1. The fourth-order valence-electron chi connectivity index (χ4n) is 8.22. The number of methoxy groups -OCH3 is 1. The van der Waals surface area contributed by atoms with Gasteiger partial charge in [-0.15, -0.1) is 0 Å². The molecule has 32 heavy (non-hydrogen) atoms. The normalized spacial score (nSPS) is 48.2. The Hall–Kier alpha value is -0.0936. The first-order valence-corrected chi connectivity index (χ1v) is 11.4. The van der Waals surface area contributed by atoms with E-state index >= 15 is 0 Å². The summed E-state index contributed by atoms with van der Waals surface area (Å²) in [4.78, 5) is 36.3. The molecule has 1 heterocycles. The minimum Gasteiger partial charge on any atom is -0.550 e. The number of esters is 1. The van der Waals surface area contributed by atoms with Gasteiger partial charge in [0, 0.05) is 29.1 Å². The van der Waals surface area contributed by atoms with Crippen molar-refractivity contribution < 1.29 is 85.5 Å². The van der Waals surface area contributed by atoms with Gasteiger partial charge in [0.2, 0.25) is 0 Å². The van der Waals surface area contributed by atoms with E-state index in [2.05, 4.69) is 6.92 Å². The van der Waals surface area contributed by atoms with Crippen molar-refractivity contribution in [1.82, 2.24) is 0 Å². The SMILES string of the molecule is COC(=O)[C@@H]1CC2=CC(=O)CC[C@]2(C)C23O[C@@H]2C[C@@]2(C)[C@@H](CC[C@@]2(O)CCC(=O)[O-])[C@H]13.[K+]. The van der Waals surface area contributed by atoms with Crippen molar-refractivity contribution in [3.63, 3.8) is 0 Å². The van der Waals surface area contributed by atoms with E-state index in [4.69, 9.17) is 9.47 Å². The molecule has 0 radical (unpaired) electrons. The quantitative estimate of drug-likeness (QED) is 0.296. The molecule has 8 atom stereocenters. The Labute approximate surface area is 231 Å². The second kappa shape index (κ2) is 7.97. The number of aliphatic hydroxyl groups is 1. The van der Waals surface area contributed by atoms with Crippen molar-refractivity contribution in [2.75, 3.05) is 7.11 Å². The zero-order valence-electron chi connectivity index (χ0n) is 19.4. The number of ether oxygens (including phenoxy) is 2. The molecule has 1 saturated heterocycles. The monoisotopic (exact) mass is 470 g/mol. The van der Waals surface area contributed by atoms with Crippen molar-refractivity contribution in [3.05, 3.63) is 11.6 Å². The average molecular weight is 471 g/mol. The summed E-state index contributed by atoms with van der Waals surface area (Å²) in [6, 6.07) is 0. The topological polar surface area (TPSA) is 116 Å². The molecule has 1 unspecified atom stereocenters. The number of carboxylic acid groups (broad SMARTS) is 1. The number of hydrogen-bond acceptors (Lipinski definition) is 7. The zero-order valence-corrected chi connectivity index (χ0v) is 22.6. The largest absolute Gasteiger partial charge is 1.00 e. The molecule has 0 aromatic carbocycles. The zero-order chi connectivity index (χ0) is 22.4. The molecular formula is C24H31KO7. The van der Waals surface area contributed by atoms with Crippen molar-refractivity contribution in [2.45, 2.75) is 82.5 Å². The number of fused-ring (bicyclic) bond motifs is 3. The Balaban J connectivity index is 0.00000245. The number of carbonyl (C=O) groups is 3. The van der Waals surface area contributed by atoms with Crippen LogP contribution in [0.5, 0.6) is 0 Å². The molecule has 0 aromatic heterocycles. The summed E-state index contributed by atoms with van der Waals surface area (Å²) >= 11 is 0. The number of hydrogen-bond donors (Lipinski definition) is 1. The minimum atomic E-state index is -1.16. The van der Waals surface area contributed by atoms with Crippen LogP contribution in [-0.4, -0.2) is 47.2 Å². The number of rotatable bonds is 4.